The molecule has 0 heterocycles. The van der Waals surface area contributed by atoms with Crippen LogP contribution in [0.3, 0.4) is 0 Å². The summed E-state index contributed by atoms with van der Waals surface area (Å²) in [6, 6.07) is 6.18. The van der Waals surface area contributed by atoms with Gasteiger partial charge in [-0.2, -0.15) is 0 Å². The molecule has 7 heteroatoms. The molecule has 0 saturated carbocycles. The van der Waals surface area contributed by atoms with Crippen LogP contribution in [-0.4, -0.2) is 27.4 Å². The lowest BCUT2D eigenvalue weighted by molar-refractivity contribution is -0.150. The zero-order valence-corrected chi connectivity index (χ0v) is 10.9. The first-order valence-corrected chi connectivity index (χ1v) is 6.39. The minimum atomic E-state index is -2.36. The van der Waals surface area contributed by atoms with Gasteiger partial charge in [0.05, 0.1) is 6.61 Å². The van der Waals surface area contributed by atoms with Gasteiger partial charge in [-0.3, -0.25) is 4.21 Å². The Labute approximate surface area is 108 Å². The quantitative estimate of drug-likeness (QED) is 0.621. The van der Waals surface area contributed by atoms with E-state index in [1.165, 1.54) is 12.1 Å². The number of hydrogen-bond acceptors (Lipinski definition) is 5. The molecular weight excluding hydrogens is 258 g/mol. The highest BCUT2D eigenvalue weighted by Gasteiger charge is 2.15. The first-order chi connectivity index (χ1) is 8.52. The second-order valence-electron chi connectivity index (χ2n) is 3.37. The van der Waals surface area contributed by atoms with Crippen LogP contribution in [0, 0.1) is 0 Å². The van der Waals surface area contributed by atoms with Crippen molar-refractivity contribution in [3.8, 4) is 5.75 Å². The lowest BCUT2D eigenvalue weighted by atomic mass is 10.3. The average molecular weight is 272 g/mol. The van der Waals surface area contributed by atoms with Crippen molar-refractivity contribution in [2.24, 2.45) is 0 Å². The molecule has 0 saturated heterocycles. The molecule has 0 aliphatic rings. The van der Waals surface area contributed by atoms with Gasteiger partial charge in [0, 0.05) is 17.0 Å². The van der Waals surface area contributed by atoms with Crippen LogP contribution in [0.5, 0.6) is 5.75 Å². The third-order valence-corrected chi connectivity index (χ3v) is 2.39. The molecule has 0 bridgehead atoms. The largest absolute Gasteiger partial charge is 0.755 e. The van der Waals surface area contributed by atoms with Gasteiger partial charge in [-0.25, -0.2) is 4.79 Å². The fourth-order valence-corrected chi connectivity index (χ4v) is 1.54. The number of carbonyl (C=O) groups is 1. The Morgan fingerprint density at radius 2 is 2.06 bits per heavy atom. The van der Waals surface area contributed by atoms with Gasteiger partial charge < -0.3 is 18.7 Å². The van der Waals surface area contributed by atoms with Crippen molar-refractivity contribution >= 4 is 22.9 Å². The van der Waals surface area contributed by atoms with Gasteiger partial charge in [0.1, 0.15) is 5.75 Å². The smallest absolute Gasteiger partial charge is 0.347 e. The molecule has 0 aromatic heterocycles. The Hall–Kier alpha value is -1.60. The summed E-state index contributed by atoms with van der Waals surface area (Å²) in [5, 5.41) is 0. The van der Waals surface area contributed by atoms with Crippen LogP contribution < -0.4 is 9.46 Å². The maximum absolute atomic E-state index is 11.3. The van der Waals surface area contributed by atoms with Gasteiger partial charge >= 0.3 is 5.97 Å². The fourth-order valence-electron chi connectivity index (χ4n) is 1.21. The number of esters is 1. The van der Waals surface area contributed by atoms with E-state index in [1.54, 1.807) is 26.0 Å². The molecule has 100 valence electrons. The monoisotopic (exact) mass is 272 g/mol. The average Bonchev–Trinajstić information content (AvgIpc) is 2.31. The number of ether oxygens (including phenoxy) is 2. The Morgan fingerprint density at radius 3 is 2.56 bits per heavy atom. The van der Waals surface area contributed by atoms with Crippen LogP contribution in [0.15, 0.2) is 24.3 Å². The Balaban J connectivity index is 2.58. The van der Waals surface area contributed by atoms with E-state index in [2.05, 4.69) is 4.72 Å². The van der Waals surface area contributed by atoms with E-state index >= 15 is 0 Å². The number of carbonyl (C=O) groups excluding carboxylic acids is 1. The Kier molecular flexibility index (Phi) is 5.60. The van der Waals surface area contributed by atoms with E-state index in [0.717, 1.165) is 0 Å². The van der Waals surface area contributed by atoms with E-state index in [0.29, 0.717) is 18.0 Å². The highest BCUT2D eigenvalue weighted by molar-refractivity contribution is 7.80. The maximum Gasteiger partial charge on any atom is 0.347 e. The van der Waals surface area contributed by atoms with Gasteiger partial charge in [0.25, 0.3) is 0 Å². The van der Waals surface area contributed by atoms with E-state index < -0.39 is 23.3 Å². The van der Waals surface area contributed by atoms with E-state index in [9.17, 15) is 13.6 Å². The van der Waals surface area contributed by atoms with Gasteiger partial charge in [0.15, 0.2) is 6.10 Å². The summed E-state index contributed by atoms with van der Waals surface area (Å²) in [5.41, 5.74) is 0.416. The van der Waals surface area contributed by atoms with Crippen LogP contribution >= 0.6 is 0 Å². The third kappa shape index (κ3) is 4.72. The zero-order valence-electron chi connectivity index (χ0n) is 10.0. The summed E-state index contributed by atoms with van der Waals surface area (Å²) in [7, 11) is 0. The third-order valence-electron chi connectivity index (χ3n) is 1.99. The van der Waals surface area contributed by atoms with Gasteiger partial charge in [-0.05, 0) is 38.1 Å². The summed E-state index contributed by atoms with van der Waals surface area (Å²) in [6.07, 6.45) is -0.711. The lowest BCUT2D eigenvalue weighted by Crippen LogP contribution is -2.26. The minimum absolute atomic E-state index is 0.296. The van der Waals surface area contributed by atoms with Crippen molar-refractivity contribution < 1.29 is 23.0 Å². The molecule has 0 radical (unpaired) electrons. The van der Waals surface area contributed by atoms with Gasteiger partial charge in [-0.1, -0.05) is 0 Å². The van der Waals surface area contributed by atoms with Crippen molar-refractivity contribution in [1.82, 2.24) is 0 Å². The molecule has 2 unspecified atom stereocenters. The molecule has 0 aliphatic carbocycles. The van der Waals surface area contributed by atoms with Gasteiger partial charge in [0.2, 0.25) is 0 Å². The predicted octanol–water partition coefficient (Wildman–Crippen LogP) is 1.22. The molecule has 0 spiro atoms. The molecule has 2 atom stereocenters. The molecule has 1 rings (SSSR count). The first kappa shape index (κ1) is 14.5. The molecule has 0 fully saturated rings. The Morgan fingerprint density at radius 1 is 1.44 bits per heavy atom. The molecule has 18 heavy (non-hydrogen) atoms. The zero-order chi connectivity index (χ0) is 13.5. The highest BCUT2D eigenvalue weighted by Crippen LogP contribution is 2.17. The molecule has 1 N–H and O–H groups in total. The number of nitrogens with one attached hydrogen (secondary N) is 1. The highest BCUT2D eigenvalue weighted by atomic mass is 32.2. The minimum Gasteiger partial charge on any atom is -0.755 e. The molecule has 1 aromatic rings. The second-order valence-corrected chi connectivity index (χ2v) is 4.05. The van der Waals surface area contributed by atoms with Crippen molar-refractivity contribution in [3.63, 3.8) is 0 Å². The molecular formula is C11H14NO5S-. The lowest BCUT2D eigenvalue weighted by Gasteiger charge is -2.14. The van der Waals surface area contributed by atoms with Crippen molar-refractivity contribution in [1.29, 1.82) is 0 Å². The normalized spacial score (nSPS) is 13.5. The predicted molar refractivity (Wildman–Crippen MR) is 65.7 cm³/mol. The number of rotatable bonds is 6. The summed E-state index contributed by atoms with van der Waals surface area (Å²) >= 11 is -2.36. The maximum atomic E-state index is 11.3. The summed E-state index contributed by atoms with van der Waals surface area (Å²) in [5.74, 6) is 0.0122. The van der Waals surface area contributed by atoms with E-state index in [4.69, 9.17) is 9.47 Å². The van der Waals surface area contributed by atoms with Crippen LogP contribution in [0.4, 0.5) is 5.69 Å². The number of anilines is 1. The van der Waals surface area contributed by atoms with Gasteiger partial charge in [-0.15, -0.1) is 0 Å². The van der Waals surface area contributed by atoms with Crippen molar-refractivity contribution in [2.75, 3.05) is 11.3 Å². The fraction of sp³-hybridized carbons (Fsp3) is 0.364. The van der Waals surface area contributed by atoms with Crippen LogP contribution in [0.2, 0.25) is 0 Å². The van der Waals surface area contributed by atoms with Crippen LogP contribution in [-0.2, 0) is 20.8 Å². The topological polar surface area (TPSA) is 87.7 Å². The molecule has 1 aromatic carbocycles. The van der Waals surface area contributed by atoms with Crippen LogP contribution in [0.1, 0.15) is 13.8 Å². The van der Waals surface area contributed by atoms with E-state index in [1.807, 2.05) is 0 Å². The summed E-state index contributed by atoms with van der Waals surface area (Å²) in [6.45, 7) is 3.59. The summed E-state index contributed by atoms with van der Waals surface area (Å²) < 4.78 is 33.1. The first-order valence-electron chi connectivity index (χ1n) is 5.32. The molecule has 6 nitrogen and oxygen atoms in total. The summed E-state index contributed by atoms with van der Waals surface area (Å²) in [4.78, 5) is 11.3. The SMILES string of the molecule is CCOC(=O)C(C)Oc1ccc(NS(=O)[O-])cc1. The standard InChI is InChI=1S/C11H15NO5S/c1-3-16-11(13)8(2)17-10-6-4-9(5-7-10)12-18(14)15/h4-8,12H,3H2,1-2H3,(H,14,15)/p-1. The van der Waals surface area contributed by atoms with Crippen molar-refractivity contribution in [2.45, 2.75) is 20.0 Å². The molecule has 0 amide bonds. The molecule has 0 aliphatic heterocycles. The number of benzene rings is 1. The van der Waals surface area contributed by atoms with Crippen LogP contribution in [0.25, 0.3) is 0 Å². The second kappa shape index (κ2) is 6.97. The van der Waals surface area contributed by atoms with E-state index in [-0.39, 0.29) is 0 Å². The number of hydrogen-bond donors (Lipinski definition) is 1. The Bertz CT molecular complexity index is 420. The van der Waals surface area contributed by atoms with Crippen molar-refractivity contribution in [3.05, 3.63) is 24.3 Å².